The standard InChI is InChI=1S/C17H26N2O2/c20-15-10-17(6-2-1-3-7-17)11-16(21)19(15)14-8-12-4-5-13(9-14)18-12/h12-14,18H,1-11H2. The second kappa shape index (κ2) is 5.08. The van der Waals surface area contributed by atoms with Gasteiger partial charge in [0, 0.05) is 31.0 Å². The summed E-state index contributed by atoms with van der Waals surface area (Å²) >= 11 is 0. The molecule has 3 aliphatic heterocycles. The number of hydrogen-bond acceptors (Lipinski definition) is 3. The second-order valence-electron chi connectivity index (χ2n) is 7.83. The molecule has 0 aromatic carbocycles. The molecule has 21 heavy (non-hydrogen) atoms. The molecule has 4 heteroatoms. The lowest BCUT2D eigenvalue weighted by atomic mass is 9.67. The minimum atomic E-state index is 0.0226. The van der Waals surface area contributed by atoms with Gasteiger partial charge in [-0.05, 0) is 43.9 Å². The SMILES string of the molecule is O=C1CC2(CCCCC2)CC(=O)N1C1CC2CCC(C1)N2. The number of fused-ring (bicyclic) bond motifs is 2. The Kier molecular flexibility index (Phi) is 3.32. The Hall–Kier alpha value is -0.900. The Morgan fingerprint density at radius 3 is 2.05 bits per heavy atom. The highest BCUT2D eigenvalue weighted by Gasteiger charge is 2.48. The van der Waals surface area contributed by atoms with Gasteiger partial charge in [-0.2, -0.15) is 0 Å². The summed E-state index contributed by atoms with van der Waals surface area (Å²) < 4.78 is 0. The third-order valence-corrected chi connectivity index (χ3v) is 6.32. The van der Waals surface area contributed by atoms with Crippen molar-refractivity contribution in [2.75, 3.05) is 0 Å². The maximum Gasteiger partial charge on any atom is 0.230 e. The summed E-state index contributed by atoms with van der Waals surface area (Å²) in [7, 11) is 0. The first kappa shape index (κ1) is 13.7. The van der Waals surface area contributed by atoms with Crippen molar-refractivity contribution in [3.05, 3.63) is 0 Å². The van der Waals surface area contributed by atoms with E-state index in [2.05, 4.69) is 5.32 Å². The first-order valence-electron chi connectivity index (χ1n) is 8.76. The molecule has 0 aromatic rings. The van der Waals surface area contributed by atoms with Gasteiger partial charge in [0.25, 0.3) is 0 Å². The van der Waals surface area contributed by atoms with Crippen molar-refractivity contribution in [2.45, 2.75) is 88.8 Å². The second-order valence-corrected chi connectivity index (χ2v) is 7.83. The van der Waals surface area contributed by atoms with Crippen molar-refractivity contribution >= 4 is 11.8 Å². The fraction of sp³-hybridized carbons (Fsp3) is 0.882. The van der Waals surface area contributed by atoms with E-state index in [1.165, 1.54) is 32.1 Å². The zero-order chi connectivity index (χ0) is 14.4. The predicted octanol–water partition coefficient (Wildman–Crippen LogP) is 2.37. The maximum atomic E-state index is 12.7. The molecular weight excluding hydrogens is 264 g/mol. The summed E-state index contributed by atoms with van der Waals surface area (Å²) in [6.45, 7) is 0. The van der Waals surface area contributed by atoms with Crippen LogP contribution in [0.5, 0.6) is 0 Å². The van der Waals surface area contributed by atoms with Crippen LogP contribution in [0.25, 0.3) is 0 Å². The number of hydrogen-bond donors (Lipinski definition) is 1. The summed E-state index contributed by atoms with van der Waals surface area (Å²) in [5.41, 5.74) is 0.0226. The monoisotopic (exact) mass is 290 g/mol. The molecule has 4 rings (SSSR count). The van der Waals surface area contributed by atoms with Crippen LogP contribution in [0.15, 0.2) is 0 Å². The van der Waals surface area contributed by atoms with Crippen molar-refractivity contribution < 1.29 is 9.59 Å². The molecule has 4 aliphatic rings. The number of imide groups is 1. The van der Waals surface area contributed by atoms with Gasteiger partial charge in [-0.25, -0.2) is 0 Å². The van der Waals surface area contributed by atoms with Gasteiger partial charge in [0.05, 0.1) is 0 Å². The van der Waals surface area contributed by atoms with Crippen LogP contribution in [0.3, 0.4) is 0 Å². The Morgan fingerprint density at radius 2 is 1.48 bits per heavy atom. The van der Waals surface area contributed by atoms with Crippen molar-refractivity contribution in [2.24, 2.45) is 5.41 Å². The van der Waals surface area contributed by atoms with Gasteiger partial charge in [0.2, 0.25) is 11.8 Å². The number of carbonyl (C=O) groups is 2. The van der Waals surface area contributed by atoms with Gasteiger partial charge < -0.3 is 5.32 Å². The van der Waals surface area contributed by atoms with Crippen molar-refractivity contribution in [3.8, 4) is 0 Å². The predicted molar refractivity (Wildman–Crippen MR) is 79.6 cm³/mol. The Bertz CT molecular complexity index is 424. The van der Waals surface area contributed by atoms with Crippen LogP contribution >= 0.6 is 0 Å². The van der Waals surface area contributed by atoms with Gasteiger partial charge in [-0.3, -0.25) is 14.5 Å². The first-order valence-corrected chi connectivity index (χ1v) is 8.76. The molecule has 4 fully saturated rings. The quantitative estimate of drug-likeness (QED) is 0.754. The highest BCUT2D eigenvalue weighted by molar-refractivity contribution is 5.99. The zero-order valence-corrected chi connectivity index (χ0v) is 12.8. The van der Waals surface area contributed by atoms with Crippen LogP contribution in [-0.4, -0.2) is 34.8 Å². The van der Waals surface area contributed by atoms with E-state index in [4.69, 9.17) is 0 Å². The Morgan fingerprint density at radius 1 is 0.905 bits per heavy atom. The third-order valence-electron chi connectivity index (χ3n) is 6.32. The van der Waals surface area contributed by atoms with Crippen molar-refractivity contribution in [3.63, 3.8) is 0 Å². The molecule has 4 nitrogen and oxygen atoms in total. The summed E-state index contributed by atoms with van der Waals surface area (Å²) in [5.74, 6) is 0.249. The molecule has 0 aromatic heterocycles. The van der Waals surface area contributed by atoms with E-state index in [9.17, 15) is 9.59 Å². The smallest absolute Gasteiger partial charge is 0.230 e. The molecule has 3 saturated heterocycles. The van der Waals surface area contributed by atoms with Gasteiger partial charge >= 0.3 is 0 Å². The molecule has 1 aliphatic carbocycles. The van der Waals surface area contributed by atoms with E-state index in [-0.39, 0.29) is 23.3 Å². The number of nitrogens with one attached hydrogen (secondary N) is 1. The molecule has 2 amide bonds. The summed E-state index contributed by atoms with van der Waals surface area (Å²) in [4.78, 5) is 27.1. The average Bonchev–Trinajstić information content (AvgIpc) is 2.77. The normalized spacial score (nSPS) is 39.0. The maximum absolute atomic E-state index is 12.7. The number of amides is 2. The van der Waals surface area contributed by atoms with Gasteiger partial charge in [0.15, 0.2) is 0 Å². The molecule has 2 atom stereocenters. The largest absolute Gasteiger partial charge is 0.311 e. The van der Waals surface area contributed by atoms with Crippen molar-refractivity contribution in [1.82, 2.24) is 10.2 Å². The van der Waals surface area contributed by atoms with Gasteiger partial charge in [0.1, 0.15) is 0 Å². The lowest BCUT2D eigenvalue weighted by Crippen LogP contribution is -2.56. The van der Waals surface area contributed by atoms with Gasteiger partial charge in [-0.1, -0.05) is 19.3 Å². The van der Waals surface area contributed by atoms with E-state index < -0.39 is 0 Å². The number of piperidine rings is 2. The lowest BCUT2D eigenvalue weighted by Gasteiger charge is -2.46. The highest BCUT2D eigenvalue weighted by atomic mass is 16.2. The van der Waals surface area contributed by atoms with E-state index in [0.29, 0.717) is 24.9 Å². The Labute approximate surface area is 126 Å². The van der Waals surface area contributed by atoms with E-state index >= 15 is 0 Å². The molecule has 2 bridgehead atoms. The number of carbonyl (C=O) groups excluding carboxylic acids is 2. The summed E-state index contributed by atoms with van der Waals surface area (Å²) in [6.07, 6.45) is 11.4. The van der Waals surface area contributed by atoms with E-state index in [0.717, 1.165) is 25.7 Å². The van der Waals surface area contributed by atoms with E-state index in [1.54, 1.807) is 4.90 Å². The minimum Gasteiger partial charge on any atom is -0.311 e. The lowest BCUT2D eigenvalue weighted by molar-refractivity contribution is -0.158. The molecular formula is C17H26N2O2. The topological polar surface area (TPSA) is 49.4 Å². The summed E-state index contributed by atoms with van der Waals surface area (Å²) in [6, 6.07) is 1.23. The molecule has 1 spiro atoms. The molecule has 2 unspecified atom stereocenters. The number of likely N-dealkylation sites (tertiary alicyclic amines) is 1. The van der Waals surface area contributed by atoms with Crippen LogP contribution < -0.4 is 5.32 Å². The van der Waals surface area contributed by atoms with Crippen molar-refractivity contribution in [1.29, 1.82) is 0 Å². The molecule has 3 heterocycles. The molecule has 1 saturated carbocycles. The number of rotatable bonds is 1. The minimum absolute atomic E-state index is 0.0226. The Balaban J connectivity index is 1.50. The van der Waals surface area contributed by atoms with Gasteiger partial charge in [-0.15, -0.1) is 0 Å². The fourth-order valence-corrected chi connectivity index (χ4v) is 5.31. The molecule has 1 N–H and O–H groups in total. The van der Waals surface area contributed by atoms with Crippen LogP contribution in [0.2, 0.25) is 0 Å². The highest BCUT2D eigenvalue weighted by Crippen LogP contribution is 2.46. The van der Waals surface area contributed by atoms with Crippen LogP contribution in [0.1, 0.15) is 70.6 Å². The molecule has 116 valence electrons. The van der Waals surface area contributed by atoms with Crippen LogP contribution in [0.4, 0.5) is 0 Å². The summed E-state index contributed by atoms with van der Waals surface area (Å²) in [5, 5.41) is 3.60. The third kappa shape index (κ3) is 2.41. The van der Waals surface area contributed by atoms with Crippen LogP contribution in [-0.2, 0) is 9.59 Å². The fourth-order valence-electron chi connectivity index (χ4n) is 5.31. The number of nitrogens with zero attached hydrogens (tertiary/aromatic N) is 1. The first-order chi connectivity index (χ1) is 10.2. The van der Waals surface area contributed by atoms with E-state index in [1.807, 2.05) is 0 Å². The van der Waals surface area contributed by atoms with Crippen LogP contribution in [0, 0.1) is 5.41 Å². The average molecular weight is 290 g/mol. The zero-order valence-electron chi connectivity index (χ0n) is 12.8. The molecule has 0 radical (unpaired) electrons.